The van der Waals surface area contributed by atoms with Gasteiger partial charge in [0.15, 0.2) is 0 Å². The van der Waals surface area contributed by atoms with Gasteiger partial charge in [0, 0.05) is 31.6 Å². The highest BCUT2D eigenvalue weighted by molar-refractivity contribution is 5.94. The molecule has 2 atom stereocenters. The van der Waals surface area contributed by atoms with Crippen molar-refractivity contribution in [2.75, 3.05) is 32.7 Å². The van der Waals surface area contributed by atoms with Crippen molar-refractivity contribution >= 4 is 11.8 Å². The predicted octanol–water partition coefficient (Wildman–Crippen LogP) is 2.56. The zero-order chi connectivity index (χ0) is 19.4. The number of nitrogens with zero attached hydrogens (tertiary/aromatic N) is 1. The van der Waals surface area contributed by atoms with E-state index in [9.17, 15) is 9.59 Å². The van der Waals surface area contributed by atoms with E-state index in [2.05, 4.69) is 31.4 Å². The molecular weight excluding hydrogens is 338 g/mol. The Bertz CT molecular complexity index is 649. The van der Waals surface area contributed by atoms with Gasteiger partial charge in [-0.05, 0) is 60.9 Å². The standard InChI is InChI=1S/C22H33N3O2/c1-22(2,3)19-6-4-16(5-7-19)21(27)24-11-8-20(26)25-12-9-17-14-23-15-18(17)10-13-25/h4-7,17-18,23H,8-15H2,1-3H3,(H,24,27)/t17-,18+. The van der Waals surface area contributed by atoms with Gasteiger partial charge < -0.3 is 15.5 Å². The monoisotopic (exact) mass is 371 g/mol. The molecule has 0 aromatic heterocycles. The number of fused-ring (bicyclic) bond motifs is 1. The van der Waals surface area contributed by atoms with Crippen LogP contribution >= 0.6 is 0 Å². The molecule has 2 amide bonds. The molecule has 148 valence electrons. The molecule has 2 aliphatic heterocycles. The summed E-state index contributed by atoms with van der Waals surface area (Å²) in [6.07, 6.45) is 2.56. The Morgan fingerprint density at radius 3 is 2.22 bits per heavy atom. The average molecular weight is 372 g/mol. The van der Waals surface area contributed by atoms with Crippen LogP contribution in [0.15, 0.2) is 24.3 Å². The molecule has 0 aliphatic carbocycles. The molecule has 0 unspecified atom stereocenters. The van der Waals surface area contributed by atoms with Gasteiger partial charge in [0.05, 0.1) is 0 Å². The summed E-state index contributed by atoms with van der Waals surface area (Å²) >= 11 is 0. The van der Waals surface area contributed by atoms with Crippen LogP contribution in [0.2, 0.25) is 0 Å². The minimum Gasteiger partial charge on any atom is -0.352 e. The van der Waals surface area contributed by atoms with E-state index in [0.717, 1.165) is 50.9 Å². The summed E-state index contributed by atoms with van der Waals surface area (Å²) in [4.78, 5) is 26.8. The van der Waals surface area contributed by atoms with Crippen molar-refractivity contribution in [3.63, 3.8) is 0 Å². The highest BCUT2D eigenvalue weighted by Gasteiger charge is 2.31. The fraction of sp³-hybridized carbons (Fsp3) is 0.636. The minimum absolute atomic E-state index is 0.0726. The lowest BCUT2D eigenvalue weighted by atomic mass is 9.87. The Morgan fingerprint density at radius 1 is 1.07 bits per heavy atom. The van der Waals surface area contributed by atoms with E-state index in [1.165, 1.54) is 5.56 Å². The van der Waals surface area contributed by atoms with E-state index in [1.54, 1.807) is 0 Å². The Kier molecular flexibility index (Phi) is 6.20. The van der Waals surface area contributed by atoms with E-state index >= 15 is 0 Å². The van der Waals surface area contributed by atoms with Gasteiger partial charge in [-0.2, -0.15) is 0 Å². The third-order valence-corrected chi connectivity index (χ3v) is 6.01. The molecule has 0 radical (unpaired) electrons. The third kappa shape index (κ3) is 5.10. The van der Waals surface area contributed by atoms with Crippen molar-refractivity contribution < 1.29 is 9.59 Å². The number of rotatable bonds is 4. The maximum absolute atomic E-state index is 12.5. The summed E-state index contributed by atoms with van der Waals surface area (Å²) in [7, 11) is 0. The first-order valence-corrected chi connectivity index (χ1v) is 10.2. The SMILES string of the molecule is CC(C)(C)c1ccc(C(=O)NCCC(=O)N2CC[C@@H]3CNC[C@@H]3CC2)cc1. The molecule has 27 heavy (non-hydrogen) atoms. The fourth-order valence-electron chi connectivity index (χ4n) is 4.13. The molecule has 2 aliphatic rings. The highest BCUT2D eigenvalue weighted by Crippen LogP contribution is 2.27. The van der Waals surface area contributed by atoms with Gasteiger partial charge in [-0.25, -0.2) is 0 Å². The molecule has 2 N–H and O–H groups in total. The van der Waals surface area contributed by atoms with Crippen molar-refractivity contribution in [3.8, 4) is 0 Å². The number of hydrogen-bond acceptors (Lipinski definition) is 3. The van der Waals surface area contributed by atoms with E-state index < -0.39 is 0 Å². The summed E-state index contributed by atoms with van der Waals surface area (Å²) in [6.45, 7) is 10.7. The Balaban J connectivity index is 1.43. The zero-order valence-corrected chi connectivity index (χ0v) is 16.9. The lowest BCUT2D eigenvalue weighted by Gasteiger charge is -2.21. The first-order chi connectivity index (χ1) is 12.8. The first kappa shape index (κ1) is 19.9. The number of likely N-dealkylation sites (tertiary alicyclic amines) is 1. The minimum atomic E-state index is -0.111. The molecular formula is C22H33N3O2. The maximum Gasteiger partial charge on any atom is 0.251 e. The summed E-state index contributed by atoms with van der Waals surface area (Å²) in [5, 5.41) is 6.35. The zero-order valence-electron chi connectivity index (χ0n) is 16.9. The van der Waals surface area contributed by atoms with Crippen molar-refractivity contribution in [2.24, 2.45) is 11.8 Å². The van der Waals surface area contributed by atoms with Crippen molar-refractivity contribution in [3.05, 3.63) is 35.4 Å². The molecule has 2 saturated heterocycles. The molecule has 0 bridgehead atoms. The van der Waals surface area contributed by atoms with Crippen molar-refractivity contribution in [2.45, 2.75) is 45.4 Å². The highest BCUT2D eigenvalue weighted by atomic mass is 16.2. The van der Waals surface area contributed by atoms with Gasteiger partial charge in [0.25, 0.3) is 5.91 Å². The summed E-state index contributed by atoms with van der Waals surface area (Å²) in [5.74, 6) is 1.49. The van der Waals surface area contributed by atoms with Crippen LogP contribution in [0, 0.1) is 11.8 Å². The van der Waals surface area contributed by atoms with Crippen molar-refractivity contribution in [1.82, 2.24) is 15.5 Å². The Morgan fingerprint density at radius 2 is 1.67 bits per heavy atom. The first-order valence-electron chi connectivity index (χ1n) is 10.2. The normalized spacial score (nSPS) is 22.9. The molecule has 1 aromatic rings. The van der Waals surface area contributed by atoms with Gasteiger partial charge in [0.2, 0.25) is 5.91 Å². The molecule has 3 rings (SSSR count). The predicted molar refractivity (Wildman–Crippen MR) is 108 cm³/mol. The summed E-state index contributed by atoms with van der Waals surface area (Å²) in [5.41, 5.74) is 1.92. The molecule has 1 aromatic carbocycles. The summed E-state index contributed by atoms with van der Waals surface area (Å²) in [6, 6.07) is 7.73. The quantitative estimate of drug-likeness (QED) is 0.855. The Hall–Kier alpha value is -1.88. The maximum atomic E-state index is 12.5. The van der Waals surface area contributed by atoms with Crippen LogP contribution in [0.3, 0.4) is 0 Å². The molecule has 5 heteroatoms. The van der Waals surface area contributed by atoms with Gasteiger partial charge in [0.1, 0.15) is 0 Å². The average Bonchev–Trinajstić information content (AvgIpc) is 2.99. The number of benzene rings is 1. The smallest absolute Gasteiger partial charge is 0.251 e. The van der Waals surface area contributed by atoms with Crippen LogP contribution in [0.25, 0.3) is 0 Å². The number of amides is 2. The van der Waals surface area contributed by atoms with E-state index in [-0.39, 0.29) is 17.2 Å². The van der Waals surface area contributed by atoms with E-state index in [0.29, 0.717) is 18.5 Å². The second-order valence-electron chi connectivity index (χ2n) is 8.97. The molecule has 0 saturated carbocycles. The van der Waals surface area contributed by atoms with Gasteiger partial charge >= 0.3 is 0 Å². The van der Waals surface area contributed by atoms with Gasteiger partial charge in [-0.1, -0.05) is 32.9 Å². The second-order valence-corrected chi connectivity index (χ2v) is 8.97. The Labute approximate surface area is 162 Å². The van der Waals surface area contributed by atoms with E-state index in [4.69, 9.17) is 0 Å². The topological polar surface area (TPSA) is 61.4 Å². The van der Waals surface area contributed by atoms with E-state index in [1.807, 2.05) is 29.2 Å². The number of carbonyl (C=O) groups is 2. The molecule has 2 fully saturated rings. The number of carbonyl (C=O) groups excluding carboxylic acids is 2. The lowest BCUT2D eigenvalue weighted by Crippen LogP contribution is -2.35. The van der Waals surface area contributed by atoms with Crippen LogP contribution in [-0.4, -0.2) is 49.4 Å². The largest absolute Gasteiger partial charge is 0.352 e. The number of nitrogens with one attached hydrogen (secondary N) is 2. The van der Waals surface area contributed by atoms with Crippen LogP contribution in [0.4, 0.5) is 0 Å². The van der Waals surface area contributed by atoms with Gasteiger partial charge in [-0.3, -0.25) is 9.59 Å². The fourth-order valence-corrected chi connectivity index (χ4v) is 4.13. The third-order valence-electron chi connectivity index (χ3n) is 6.01. The molecule has 5 nitrogen and oxygen atoms in total. The van der Waals surface area contributed by atoms with Crippen LogP contribution in [0.5, 0.6) is 0 Å². The van der Waals surface area contributed by atoms with Crippen LogP contribution < -0.4 is 10.6 Å². The molecule has 2 heterocycles. The second kappa shape index (κ2) is 8.42. The molecule has 0 spiro atoms. The van der Waals surface area contributed by atoms with Gasteiger partial charge in [-0.15, -0.1) is 0 Å². The van der Waals surface area contributed by atoms with Crippen LogP contribution in [0.1, 0.15) is 56.0 Å². The summed E-state index contributed by atoms with van der Waals surface area (Å²) < 4.78 is 0. The number of hydrogen-bond donors (Lipinski definition) is 2. The lowest BCUT2D eigenvalue weighted by molar-refractivity contribution is -0.131. The van der Waals surface area contributed by atoms with Crippen LogP contribution in [-0.2, 0) is 10.2 Å². The van der Waals surface area contributed by atoms with Crippen molar-refractivity contribution in [1.29, 1.82) is 0 Å².